The normalized spacial score (nSPS) is 14.9. The first-order valence-electron chi connectivity index (χ1n) is 6.44. The van der Waals surface area contributed by atoms with E-state index in [1.165, 1.54) is 6.07 Å². The van der Waals surface area contributed by atoms with Gasteiger partial charge < -0.3 is 14.7 Å². The lowest BCUT2D eigenvalue weighted by Gasteiger charge is -2.37. The summed E-state index contributed by atoms with van der Waals surface area (Å²) in [5.74, 6) is -0.503. The van der Waals surface area contributed by atoms with E-state index >= 15 is 0 Å². The van der Waals surface area contributed by atoms with Crippen LogP contribution >= 0.6 is 0 Å². The first-order chi connectivity index (χ1) is 9.54. The van der Waals surface area contributed by atoms with Crippen LogP contribution < -0.4 is 4.90 Å². The predicted octanol–water partition coefficient (Wildman–Crippen LogP) is 1.50. The van der Waals surface area contributed by atoms with Gasteiger partial charge in [0, 0.05) is 40.3 Å². The Morgan fingerprint density at radius 1 is 1.30 bits per heavy atom. The Morgan fingerprint density at radius 3 is 2.50 bits per heavy atom. The summed E-state index contributed by atoms with van der Waals surface area (Å²) in [4.78, 5) is 17.1. The van der Waals surface area contributed by atoms with Crippen molar-refractivity contribution < 1.29 is 9.18 Å². The molecule has 0 N–H and O–H groups in total. The minimum absolute atomic E-state index is 0.0237. The van der Waals surface area contributed by atoms with E-state index in [1.807, 2.05) is 11.0 Å². The highest BCUT2D eigenvalue weighted by Crippen LogP contribution is 2.23. The zero-order valence-electron chi connectivity index (χ0n) is 11.6. The molecule has 0 bridgehead atoms. The lowest BCUT2D eigenvalue weighted by Crippen LogP contribution is -2.51. The van der Waals surface area contributed by atoms with E-state index in [2.05, 4.69) is 0 Å². The SMILES string of the molecule is CN(C)C(=O)N1CCN(c2cccc(F)c2C#N)CC1. The van der Waals surface area contributed by atoms with Gasteiger partial charge in [0.05, 0.1) is 5.69 Å². The first kappa shape index (κ1) is 14.1. The van der Waals surface area contributed by atoms with Crippen LogP contribution in [-0.2, 0) is 0 Å². The molecule has 0 atom stereocenters. The second-order valence-electron chi connectivity index (χ2n) is 4.90. The Labute approximate surface area is 117 Å². The number of hydrogen-bond acceptors (Lipinski definition) is 3. The minimum atomic E-state index is -0.503. The van der Waals surface area contributed by atoms with Crippen molar-refractivity contribution in [2.45, 2.75) is 0 Å². The van der Waals surface area contributed by atoms with E-state index in [0.29, 0.717) is 31.9 Å². The second-order valence-corrected chi connectivity index (χ2v) is 4.90. The number of anilines is 1. The average Bonchev–Trinajstić information content (AvgIpc) is 2.46. The van der Waals surface area contributed by atoms with Gasteiger partial charge in [0.1, 0.15) is 17.4 Å². The summed E-state index contributed by atoms with van der Waals surface area (Å²) in [6.07, 6.45) is 0. The highest BCUT2D eigenvalue weighted by molar-refractivity contribution is 5.74. The molecule has 5 nitrogen and oxygen atoms in total. The summed E-state index contributed by atoms with van der Waals surface area (Å²) in [6.45, 7) is 2.33. The van der Waals surface area contributed by atoms with E-state index in [9.17, 15) is 9.18 Å². The number of carbonyl (C=O) groups excluding carboxylic acids is 1. The summed E-state index contributed by atoms with van der Waals surface area (Å²) in [6, 6.07) is 6.51. The zero-order valence-corrected chi connectivity index (χ0v) is 11.6. The lowest BCUT2D eigenvalue weighted by molar-refractivity contribution is 0.168. The topological polar surface area (TPSA) is 50.6 Å². The molecular weight excluding hydrogens is 259 g/mol. The molecule has 6 heteroatoms. The van der Waals surface area contributed by atoms with Gasteiger partial charge in [0.2, 0.25) is 0 Å². The van der Waals surface area contributed by atoms with Gasteiger partial charge in [0.25, 0.3) is 0 Å². The number of urea groups is 1. The van der Waals surface area contributed by atoms with Crippen LogP contribution in [0.3, 0.4) is 0 Å². The zero-order chi connectivity index (χ0) is 14.7. The molecule has 0 spiro atoms. The summed E-state index contributed by atoms with van der Waals surface area (Å²) >= 11 is 0. The van der Waals surface area contributed by atoms with E-state index in [-0.39, 0.29) is 11.6 Å². The molecule has 20 heavy (non-hydrogen) atoms. The van der Waals surface area contributed by atoms with E-state index < -0.39 is 5.82 Å². The van der Waals surface area contributed by atoms with E-state index in [0.717, 1.165) is 0 Å². The maximum atomic E-state index is 13.6. The summed E-state index contributed by atoms with van der Waals surface area (Å²) in [7, 11) is 3.43. The second kappa shape index (κ2) is 5.78. The summed E-state index contributed by atoms with van der Waals surface area (Å²) in [5, 5.41) is 9.06. The van der Waals surface area contributed by atoms with Gasteiger partial charge in [0.15, 0.2) is 0 Å². The molecule has 0 saturated carbocycles. The van der Waals surface area contributed by atoms with Crippen molar-refractivity contribution in [3.63, 3.8) is 0 Å². The monoisotopic (exact) mass is 276 g/mol. The van der Waals surface area contributed by atoms with Crippen LogP contribution in [0.5, 0.6) is 0 Å². The van der Waals surface area contributed by atoms with Gasteiger partial charge in [-0.25, -0.2) is 9.18 Å². The Morgan fingerprint density at radius 2 is 1.95 bits per heavy atom. The predicted molar refractivity (Wildman–Crippen MR) is 74.0 cm³/mol. The van der Waals surface area contributed by atoms with Gasteiger partial charge in [-0.15, -0.1) is 0 Å². The molecule has 1 aliphatic rings. The highest BCUT2D eigenvalue weighted by Gasteiger charge is 2.24. The van der Waals surface area contributed by atoms with E-state index in [1.54, 1.807) is 36.0 Å². The molecule has 106 valence electrons. The van der Waals surface area contributed by atoms with E-state index in [4.69, 9.17) is 5.26 Å². The van der Waals surface area contributed by atoms with Gasteiger partial charge in [-0.05, 0) is 12.1 Å². The van der Waals surface area contributed by atoms with Crippen LogP contribution in [-0.4, -0.2) is 56.1 Å². The van der Waals surface area contributed by atoms with Crippen molar-refractivity contribution >= 4 is 11.7 Å². The quantitative estimate of drug-likeness (QED) is 0.781. The molecule has 1 aromatic rings. The van der Waals surface area contributed by atoms with Crippen LogP contribution in [0, 0.1) is 17.1 Å². The Bertz CT molecular complexity index is 545. The molecule has 0 aromatic heterocycles. The smallest absolute Gasteiger partial charge is 0.319 e. The number of hydrogen-bond donors (Lipinski definition) is 0. The maximum Gasteiger partial charge on any atom is 0.319 e. The van der Waals surface area contributed by atoms with Crippen molar-refractivity contribution in [2.24, 2.45) is 0 Å². The van der Waals surface area contributed by atoms with Crippen LogP contribution in [0.2, 0.25) is 0 Å². The number of benzene rings is 1. The third-order valence-electron chi connectivity index (χ3n) is 3.38. The molecule has 1 saturated heterocycles. The molecular formula is C14H17FN4O. The fourth-order valence-electron chi connectivity index (χ4n) is 2.31. The number of piperazine rings is 1. The lowest BCUT2D eigenvalue weighted by atomic mass is 10.1. The van der Waals surface area contributed by atoms with Gasteiger partial charge in [-0.3, -0.25) is 0 Å². The largest absolute Gasteiger partial charge is 0.367 e. The molecule has 2 amide bonds. The van der Waals surface area contributed by atoms with Crippen molar-refractivity contribution in [1.29, 1.82) is 5.26 Å². The molecule has 1 aliphatic heterocycles. The molecule has 0 unspecified atom stereocenters. The summed E-state index contributed by atoms with van der Waals surface area (Å²) < 4.78 is 13.6. The highest BCUT2D eigenvalue weighted by atomic mass is 19.1. The van der Waals surface area contributed by atoms with Crippen molar-refractivity contribution in [1.82, 2.24) is 9.80 Å². The van der Waals surface area contributed by atoms with Crippen LogP contribution in [0.4, 0.5) is 14.9 Å². The van der Waals surface area contributed by atoms with Crippen LogP contribution in [0.15, 0.2) is 18.2 Å². The third-order valence-corrected chi connectivity index (χ3v) is 3.38. The van der Waals surface area contributed by atoms with Crippen LogP contribution in [0.25, 0.3) is 0 Å². The van der Waals surface area contributed by atoms with Crippen molar-refractivity contribution in [2.75, 3.05) is 45.2 Å². The Kier molecular flexibility index (Phi) is 4.08. The summed E-state index contributed by atoms with van der Waals surface area (Å²) in [5.41, 5.74) is 0.671. The van der Waals surface area contributed by atoms with Gasteiger partial charge in [-0.1, -0.05) is 6.07 Å². The number of halogens is 1. The molecule has 1 heterocycles. The number of nitrogens with zero attached hydrogens (tertiary/aromatic N) is 4. The molecule has 0 radical (unpaired) electrons. The van der Waals surface area contributed by atoms with Crippen molar-refractivity contribution in [3.8, 4) is 6.07 Å². The molecule has 1 fully saturated rings. The maximum absolute atomic E-state index is 13.6. The fraction of sp³-hybridized carbons (Fsp3) is 0.429. The number of nitriles is 1. The number of carbonyl (C=O) groups is 1. The average molecular weight is 276 g/mol. The number of amides is 2. The third kappa shape index (κ3) is 2.67. The minimum Gasteiger partial charge on any atom is -0.367 e. The van der Waals surface area contributed by atoms with Crippen molar-refractivity contribution in [3.05, 3.63) is 29.6 Å². The molecule has 2 rings (SSSR count). The Balaban J connectivity index is 2.10. The fourth-order valence-corrected chi connectivity index (χ4v) is 2.31. The molecule has 1 aromatic carbocycles. The Hall–Kier alpha value is -2.29. The molecule has 0 aliphatic carbocycles. The number of rotatable bonds is 1. The first-order valence-corrected chi connectivity index (χ1v) is 6.44. The van der Waals surface area contributed by atoms with Gasteiger partial charge in [-0.2, -0.15) is 5.26 Å². The van der Waals surface area contributed by atoms with Gasteiger partial charge >= 0.3 is 6.03 Å². The van der Waals surface area contributed by atoms with Crippen LogP contribution in [0.1, 0.15) is 5.56 Å². The standard InChI is InChI=1S/C14H17FN4O/c1-17(2)14(20)19-8-6-18(7-9-19)13-5-3-4-12(15)11(13)10-16/h3-5H,6-9H2,1-2H3.